The third kappa shape index (κ3) is 4.00. The maximum absolute atomic E-state index is 13.0. The number of piperazine rings is 1. The number of amides is 2. The fraction of sp³-hybridized carbons (Fsp3) is 0.680. The average molecular weight is 445 g/mol. The molecule has 1 saturated heterocycles. The van der Waals surface area contributed by atoms with Gasteiger partial charge in [0.05, 0.1) is 0 Å². The molecule has 1 heterocycles. The molecule has 168 valence electrons. The molecule has 4 atom stereocenters. The van der Waals surface area contributed by atoms with Gasteiger partial charge in [-0.15, -0.1) is 0 Å². The first-order valence-electron chi connectivity index (χ1n) is 12.0. The zero-order valence-corrected chi connectivity index (χ0v) is 19.1. The van der Waals surface area contributed by atoms with E-state index >= 15 is 0 Å². The number of hydrogen-bond acceptors (Lipinski definition) is 3. The zero-order chi connectivity index (χ0) is 21.8. The van der Waals surface area contributed by atoms with Gasteiger partial charge < -0.3 is 14.9 Å². The molecule has 0 spiro atoms. The number of benzene rings is 1. The predicted octanol–water partition coefficient (Wildman–Crippen LogP) is 4.08. The van der Waals surface area contributed by atoms with Crippen molar-refractivity contribution in [3.8, 4) is 0 Å². The fourth-order valence-corrected chi connectivity index (χ4v) is 6.59. The summed E-state index contributed by atoms with van der Waals surface area (Å²) in [7, 11) is 0. The summed E-state index contributed by atoms with van der Waals surface area (Å²) in [5.74, 6) is 2.88. The lowest BCUT2D eigenvalue weighted by Crippen LogP contribution is -2.53. The van der Waals surface area contributed by atoms with E-state index in [1.54, 1.807) is 9.80 Å². The van der Waals surface area contributed by atoms with Crippen LogP contribution in [0.3, 0.4) is 0 Å². The lowest BCUT2D eigenvalue weighted by molar-refractivity contribution is -0.143. The second-order valence-corrected chi connectivity index (χ2v) is 10.7. The van der Waals surface area contributed by atoms with Crippen LogP contribution in [-0.2, 0) is 4.79 Å². The van der Waals surface area contributed by atoms with Crippen molar-refractivity contribution in [1.82, 2.24) is 9.80 Å². The van der Waals surface area contributed by atoms with E-state index in [2.05, 4.69) is 13.0 Å². The second kappa shape index (κ2) is 8.08. The van der Waals surface area contributed by atoms with Crippen LogP contribution in [0.4, 0.5) is 0 Å². The summed E-state index contributed by atoms with van der Waals surface area (Å²) < 4.78 is 0. The first kappa shape index (κ1) is 21.3. The summed E-state index contributed by atoms with van der Waals surface area (Å²) in [6.45, 7) is 4.33. The van der Waals surface area contributed by atoms with Gasteiger partial charge in [-0.3, -0.25) is 9.59 Å². The molecule has 31 heavy (non-hydrogen) atoms. The largest absolute Gasteiger partial charge is 0.380 e. The molecule has 3 saturated carbocycles. The van der Waals surface area contributed by atoms with Gasteiger partial charge in [-0.05, 0) is 79.9 Å². The number of halogens is 1. The maximum atomic E-state index is 13.0. The van der Waals surface area contributed by atoms with Crippen molar-refractivity contribution in [2.75, 3.05) is 26.2 Å². The molecular formula is C25H33ClN2O3. The first-order valence-corrected chi connectivity index (χ1v) is 12.3. The quantitative estimate of drug-likeness (QED) is 0.764. The molecule has 6 heteroatoms. The summed E-state index contributed by atoms with van der Waals surface area (Å²) in [6.07, 6.45) is 7.54. The third-order valence-electron chi connectivity index (χ3n) is 8.43. The minimum atomic E-state index is -1.13. The Bertz CT molecular complexity index is 876. The molecule has 4 unspecified atom stereocenters. The van der Waals surface area contributed by atoms with Gasteiger partial charge in [-0.25, -0.2) is 0 Å². The summed E-state index contributed by atoms with van der Waals surface area (Å²) in [6, 6.07) is 5.84. The number of carbonyl (C=O) groups excluding carboxylic acids is 2. The van der Waals surface area contributed by atoms with E-state index in [9.17, 15) is 14.7 Å². The van der Waals surface area contributed by atoms with E-state index in [1.165, 1.54) is 37.7 Å². The monoisotopic (exact) mass is 444 g/mol. The van der Waals surface area contributed by atoms with Gasteiger partial charge >= 0.3 is 0 Å². The Hall–Kier alpha value is -1.59. The van der Waals surface area contributed by atoms with Gasteiger partial charge in [0, 0.05) is 36.8 Å². The molecule has 0 bridgehead atoms. The lowest BCUT2D eigenvalue weighted by Gasteiger charge is -2.36. The van der Waals surface area contributed by atoms with E-state index in [-0.39, 0.29) is 11.8 Å². The molecule has 1 aromatic carbocycles. The molecule has 3 aliphatic carbocycles. The zero-order valence-electron chi connectivity index (χ0n) is 18.4. The van der Waals surface area contributed by atoms with Crippen LogP contribution >= 0.6 is 11.6 Å². The molecule has 1 aromatic rings. The summed E-state index contributed by atoms with van der Waals surface area (Å²) in [5, 5.41) is 10.8. The van der Waals surface area contributed by atoms with Gasteiger partial charge in [-0.1, -0.05) is 31.0 Å². The molecule has 2 amide bonds. The Balaban J connectivity index is 1.21. The van der Waals surface area contributed by atoms with E-state index < -0.39 is 5.60 Å². The highest BCUT2D eigenvalue weighted by Crippen LogP contribution is 2.50. The molecule has 5 nitrogen and oxygen atoms in total. The Morgan fingerprint density at radius 3 is 2.42 bits per heavy atom. The van der Waals surface area contributed by atoms with Crippen LogP contribution in [0, 0.1) is 17.8 Å². The molecule has 1 N–H and O–H groups in total. The summed E-state index contributed by atoms with van der Waals surface area (Å²) >= 11 is 6.69. The average Bonchev–Trinajstić information content (AvgIpc) is 3.44. The predicted molar refractivity (Wildman–Crippen MR) is 120 cm³/mol. The smallest absolute Gasteiger partial charge is 0.254 e. The van der Waals surface area contributed by atoms with E-state index in [0.29, 0.717) is 55.5 Å². The van der Waals surface area contributed by atoms with Crippen molar-refractivity contribution < 1.29 is 14.7 Å². The number of rotatable bonds is 3. The van der Waals surface area contributed by atoms with Gasteiger partial charge in [0.2, 0.25) is 0 Å². The minimum Gasteiger partial charge on any atom is -0.380 e. The van der Waals surface area contributed by atoms with Crippen molar-refractivity contribution >= 4 is 23.4 Å². The molecule has 5 rings (SSSR count). The highest BCUT2D eigenvalue weighted by Gasteiger charge is 2.50. The molecule has 0 radical (unpaired) electrons. The van der Waals surface area contributed by atoms with Crippen molar-refractivity contribution in [2.24, 2.45) is 17.8 Å². The molecule has 0 aromatic heterocycles. The molecule has 1 aliphatic heterocycles. The van der Waals surface area contributed by atoms with Crippen molar-refractivity contribution in [2.45, 2.75) is 63.4 Å². The van der Waals surface area contributed by atoms with E-state index in [0.717, 1.165) is 17.8 Å². The number of fused-ring (bicyclic) bond motifs is 1. The number of nitrogens with zero attached hydrogens (tertiary/aromatic N) is 2. The second-order valence-electron chi connectivity index (χ2n) is 10.3. The number of aliphatic hydroxyl groups is 1. The van der Waals surface area contributed by atoms with Gasteiger partial charge in [0.15, 0.2) is 0 Å². The molecule has 4 aliphatic rings. The fourth-order valence-electron chi connectivity index (χ4n) is 6.26. The first-order chi connectivity index (χ1) is 14.9. The SMILES string of the molecule is CC1CCC2CC(c3ccc(C(=O)N4CCN(C(=O)C5(O)CC5)CC4)cc3Cl)CCC12. The lowest BCUT2D eigenvalue weighted by atomic mass is 9.71. The Morgan fingerprint density at radius 2 is 1.74 bits per heavy atom. The Labute approximate surface area is 189 Å². The van der Waals surface area contributed by atoms with Crippen LogP contribution in [0.5, 0.6) is 0 Å². The minimum absolute atomic E-state index is 0.0287. The van der Waals surface area contributed by atoms with Gasteiger partial charge in [-0.2, -0.15) is 0 Å². The van der Waals surface area contributed by atoms with Crippen LogP contribution in [-0.4, -0.2) is 58.5 Å². The van der Waals surface area contributed by atoms with Crippen LogP contribution in [0.2, 0.25) is 5.02 Å². The van der Waals surface area contributed by atoms with Crippen molar-refractivity contribution in [3.63, 3.8) is 0 Å². The summed E-state index contributed by atoms with van der Waals surface area (Å²) in [5.41, 5.74) is 0.687. The van der Waals surface area contributed by atoms with Gasteiger partial charge in [0.25, 0.3) is 11.8 Å². The van der Waals surface area contributed by atoms with Crippen molar-refractivity contribution in [3.05, 3.63) is 34.3 Å². The maximum Gasteiger partial charge on any atom is 0.254 e. The highest BCUT2D eigenvalue weighted by atomic mass is 35.5. The molecular weight excluding hydrogens is 412 g/mol. The topological polar surface area (TPSA) is 60.9 Å². The number of hydrogen-bond donors (Lipinski definition) is 1. The highest BCUT2D eigenvalue weighted by molar-refractivity contribution is 6.31. The Morgan fingerprint density at radius 1 is 1.03 bits per heavy atom. The Kier molecular flexibility index (Phi) is 5.54. The van der Waals surface area contributed by atoms with Crippen LogP contribution in [0.25, 0.3) is 0 Å². The van der Waals surface area contributed by atoms with E-state index in [4.69, 9.17) is 11.6 Å². The van der Waals surface area contributed by atoms with Crippen LogP contribution < -0.4 is 0 Å². The molecule has 4 fully saturated rings. The summed E-state index contributed by atoms with van der Waals surface area (Å²) in [4.78, 5) is 28.8. The standard InChI is InChI=1S/C25H33ClN2O3/c1-16-2-3-17-14-18(4-6-20(16)17)21-7-5-19(15-22(21)26)23(29)27-10-12-28(13-11-27)24(30)25(31)8-9-25/h5,7,15-18,20,31H,2-4,6,8-14H2,1H3. The number of carbonyl (C=O) groups is 2. The van der Waals surface area contributed by atoms with Gasteiger partial charge in [0.1, 0.15) is 5.60 Å². The normalized spacial score (nSPS) is 32.0. The van der Waals surface area contributed by atoms with Crippen LogP contribution in [0.1, 0.15) is 73.7 Å². The third-order valence-corrected chi connectivity index (χ3v) is 8.76. The van der Waals surface area contributed by atoms with Crippen molar-refractivity contribution in [1.29, 1.82) is 0 Å². The van der Waals surface area contributed by atoms with Crippen LogP contribution in [0.15, 0.2) is 18.2 Å². The van der Waals surface area contributed by atoms with E-state index in [1.807, 2.05) is 12.1 Å².